The van der Waals surface area contributed by atoms with Crippen molar-refractivity contribution in [2.75, 3.05) is 6.54 Å². The highest BCUT2D eigenvalue weighted by atomic mass is 16.2. The van der Waals surface area contributed by atoms with E-state index in [1.807, 2.05) is 20.8 Å². The lowest BCUT2D eigenvalue weighted by Crippen LogP contribution is -2.53. The summed E-state index contributed by atoms with van der Waals surface area (Å²) in [5, 5.41) is 0. The van der Waals surface area contributed by atoms with Crippen molar-refractivity contribution in [3.8, 4) is 0 Å². The fourth-order valence-electron chi connectivity index (χ4n) is 1.33. The van der Waals surface area contributed by atoms with Gasteiger partial charge in [0.25, 0.3) is 0 Å². The maximum atomic E-state index is 12.0. The second kappa shape index (κ2) is 5.65. The number of rotatable bonds is 5. The Hall–Kier alpha value is -1.36. The first kappa shape index (κ1) is 14.6. The number of amides is 2. The third-order valence-corrected chi connectivity index (χ3v) is 2.13. The molecule has 0 saturated heterocycles. The van der Waals surface area contributed by atoms with Gasteiger partial charge in [-0.25, -0.2) is 0 Å². The van der Waals surface area contributed by atoms with E-state index in [-0.39, 0.29) is 17.9 Å². The summed E-state index contributed by atoms with van der Waals surface area (Å²) in [6.45, 7) is 9.67. The Morgan fingerprint density at radius 1 is 1.44 bits per heavy atom. The van der Waals surface area contributed by atoms with Crippen LogP contribution in [0.1, 0.15) is 27.2 Å². The van der Waals surface area contributed by atoms with Crippen LogP contribution in [0.4, 0.5) is 0 Å². The molecule has 0 spiro atoms. The number of primary amides is 1. The Balaban J connectivity index is 4.74. The molecule has 1 unspecified atom stereocenters. The third kappa shape index (κ3) is 4.44. The molecule has 0 bridgehead atoms. The minimum absolute atomic E-state index is 0.136. The first-order valence-corrected chi connectivity index (χ1v) is 5.16. The van der Waals surface area contributed by atoms with Crippen LogP contribution < -0.4 is 11.5 Å². The number of nitrogens with two attached hydrogens (primary N) is 2. The van der Waals surface area contributed by atoms with Crippen molar-refractivity contribution < 1.29 is 9.59 Å². The molecular weight excluding hydrogens is 206 g/mol. The van der Waals surface area contributed by atoms with Gasteiger partial charge in [-0.2, -0.15) is 0 Å². The van der Waals surface area contributed by atoms with Gasteiger partial charge in [-0.3, -0.25) is 9.59 Å². The van der Waals surface area contributed by atoms with Crippen LogP contribution >= 0.6 is 0 Å². The molecular formula is C11H21N3O2. The fraction of sp³-hybridized carbons (Fsp3) is 0.636. The van der Waals surface area contributed by atoms with Gasteiger partial charge in [0, 0.05) is 12.1 Å². The van der Waals surface area contributed by atoms with Crippen LogP contribution in [0, 0.1) is 0 Å². The molecule has 0 aliphatic carbocycles. The predicted octanol–water partition coefficient (Wildman–Crippen LogP) is 0.00220. The monoisotopic (exact) mass is 227 g/mol. The van der Waals surface area contributed by atoms with Gasteiger partial charge in [0.15, 0.2) is 0 Å². The molecule has 1 atom stereocenters. The molecule has 0 fully saturated rings. The molecule has 0 heterocycles. The molecule has 0 aromatic carbocycles. The molecule has 5 heteroatoms. The highest BCUT2D eigenvalue weighted by Gasteiger charge is 2.29. The molecule has 0 aliphatic rings. The molecule has 2 amide bonds. The SMILES string of the molecule is C=CCN(C(=O)C(N)CC(N)=O)C(C)(C)C. The van der Waals surface area contributed by atoms with E-state index < -0.39 is 11.9 Å². The summed E-state index contributed by atoms with van der Waals surface area (Å²) in [7, 11) is 0. The number of carbonyl (C=O) groups excluding carboxylic acids is 2. The molecule has 5 nitrogen and oxygen atoms in total. The molecule has 0 rings (SSSR count). The largest absolute Gasteiger partial charge is 0.370 e. The lowest BCUT2D eigenvalue weighted by Gasteiger charge is -2.36. The molecule has 16 heavy (non-hydrogen) atoms. The molecule has 0 aliphatic heterocycles. The van der Waals surface area contributed by atoms with Crippen LogP contribution in [0.3, 0.4) is 0 Å². The van der Waals surface area contributed by atoms with Crippen molar-refractivity contribution in [3.63, 3.8) is 0 Å². The summed E-state index contributed by atoms with van der Waals surface area (Å²) in [5.74, 6) is -0.862. The zero-order valence-corrected chi connectivity index (χ0v) is 10.2. The van der Waals surface area contributed by atoms with Crippen LogP contribution in [0.15, 0.2) is 12.7 Å². The van der Waals surface area contributed by atoms with Gasteiger partial charge in [-0.15, -0.1) is 6.58 Å². The summed E-state index contributed by atoms with van der Waals surface area (Å²) in [4.78, 5) is 24.2. The summed E-state index contributed by atoms with van der Waals surface area (Å²) in [6, 6.07) is -0.878. The summed E-state index contributed by atoms with van der Waals surface area (Å²) in [6.07, 6.45) is 1.49. The summed E-state index contributed by atoms with van der Waals surface area (Å²) >= 11 is 0. The second-order valence-electron chi connectivity index (χ2n) is 4.69. The van der Waals surface area contributed by atoms with E-state index in [9.17, 15) is 9.59 Å². The van der Waals surface area contributed by atoms with Crippen molar-refractivity contribution in [2.45, 2.75) is 38.8 Å². The Morgan fingerprint density at radius 2 is 1.94 bits per heavy atom. The molecule has 92 valence electrons. The normalized spacial score (nSPS) is 13.0. The maximum absolute atomic E-state index is 12.0. The van der Waals surface area contributed by atoms with Gasteiger partial charge >= 0.3 is 0 Å². The first-order chi connectivity index (χ1) is 7.20. The lowest BCUT2D eigenvalue weighted by atomic mass is 10.0. The standard InChI is InChI=1S/C11H21N3O2/c1-5-6-14(11(2,3)4)10(16)8(12)7-9(13)15/h5,8H,1,6-7,12H2,2-4H3,(H2,13,15). The average molecular weight is 227 g/mol. The van der Waals surface area contributed by atoms with Crippen molar-refractivity contribution >= 4 is 11.8 Å². The predicted molar refractivity (Wildman–Crippen MR) is 63.4 cm³/mol. The van der Waals surface area contributed by atoms with E-state index in [0.717, 1.165) is 0 Å². The van der Waals surface area contributed by atoms with E-state index in [0.29, 0.717) is 6.54 Å². The van der Waals surface area contributed by atoms with E-state index in [1.54, 1.807) is 11.0 Å². The molecule has 0 radical (unpaired) electrons. The van der Waals surface area contributed by atoms with Gasteiger partial charge in [-0.1, -0.05) is 6.08 Å². The molecule has 0 aromatic rings. The lowest BCUT2D eigenvalue weighted by molar-refractivity contribution is -0.138. The van der Waals surface area contributed by atoms with E-state index >= 15 is 0 Å². The van der Waals surface area contributed by atoms with Crippen molar-refractivity contribution in [1.29, 1.82) is 0 Å². The van der Waals surface area contributed by atoms with Gasteiger partial charge in [0.1, 0.15) is 0 Å². The quantitative estimate of drug-likeness (QED) is 0.648. The number of hydrogen-bond donors (Lipinski definition) is 2. The minimum atomic E-state index is -0.878. The maximum Gasteiger partial charge on any atom is 0.240 e. The number of nitrogens with zero attached hydrogens (tertiary/aromatic N) is 1. The van der Waals surface area contributed by atoms with Gasteiger partial charge in [-0.05, 0) is 20.8 Å². The third-order valence-electron chi connectivity index (χ3n) is 2.13. The van der Waals surface area contributed by atoms with Gasteiger partial charge in [0.2, 0.25) is 11.8 Å². The Labute approximate surface area is 96.5 Å². The highest BCUT2D eigenvalue weighted by molar-refractivity contribution is 5.88. The van der Waals surface area contributed by atoms with Crippen LogP contribution in [-0.4, -0.2) is 34.8 Å². The summed E-state index contributed by atoms with van der Waals surface area (Å²) in [5.41, 5.74) is 10.3. The Morgan fingerprint density at radius 3 is 2.25 bits per heavy atom. The van der Waals surface area contributed by atoms with Crippen molar-refractivity contribution in [1.82, 2.24) is 4.90 Å². The van der Waals surface area contributed by atoms with E-state index in [1.165, 1.54) is 0 Å². The first-order valence-electron chi connectivity index (χ1n) is 5.16. The Kier molecular flexibility index (Phi) is 5.17. The number of hydrogen-bond acceptors (Lipinski definition) is 3. The smallest absolute Gasteiger partial charge is 0.240 e. The van der Waals surface area contributed by atoms with Crippen molar-refractivity contribution in [2.24, 2.45) is 11.5 Å². The topological polar surface area (TPSA) is 89.4 Å². The molecule has 4 N–H and O–H groups in total. The summed E-state index contributed by atoms with van der Waals surface area (Å²) < 4.78 is 0. The van der Waals surface area contributed by atoms with E-state index in [4.69, 9.17) is 11.5 Å². The zero-order valence-electron chi connectivity index (χ0n) is 10.2. The van der Waals surface area contributed by atoms with Crippen LogP contribution in [-0.2, 0) is 9.59 Å². The minimum Gasteiger partial charge on any atom is -0.370 e. The fourth-order valence-corrected chi connectivity index (χ4v) is 1.33. The number of carbonyl (C=O) groups is 2. The molecule has 0 saturated carbocycles. The van der Waals surface area contributed by atoms with Crippen LogP contribution in [0.2, 0.25) is 0 Å². The van der Waals surface area contributed by atoms with Crippen LogP contribution in [0.25, 0.3) is 0 Å². The van der Waals surface area contributed by atoms with Crippen molar-refractivity contribution in [3.05, 3.63) is 12.7 Å². The van der Waals surface area contributed by atoms with Gasteiger partial charge < -0.3 is 16.4 Å². The highest BCUT2D eigenvalue weighted by Crippen LogP contribution is 2.14. The average Bonchev–Trinajstić information content (AvgIpc) is 2.10. The van der Waals surface area contributed by atoms with E-state index in [2.05, 4.69) is 6.58 Å². The van der Waals surface area contributed by atoms with Crippen LogP contribution in [0.5, 0.6) is 0 Å². The second-order valence-corrected chi connectivity index (χ2v) is 4.69. The zero-order chi connectivity index (χ0) is 12.9. The Bertz CT molecular complexity index is 281. The van der Waals surface area contributed by atoms with Gasteiger partial charge in [0.05, 0.1) is 12.5 Å². The molecule has 0 aromatic heterocycles.